The number of thiophene rings is 1. The molecule has 1 fully saturated rings. The van der Waals surface area contributed by atoms with Crippen LogP contribution in [0.15, 0.2) is 12.1 Å². The van der Waals surface area contributed by atoms with Crippen LogP contribution in [0.1, 0.15) is 29.5 Å². The molecule has 0 spiro atoms. The van der Waals surface area contributed by atoms with Crippen LogP contribution in [0.2, 0.25) is 0 Å². The number of hydrogen-bond donors (Lipinski definition) is 1. The third-order valence-corrected chi connectivity index (χ3v) is 4.36. The fraction of sp³-hybridized carbons (Fsp3) is 0.714. The summed E-state index contributed by atoms with van der Waals surface area (Å²) < 4.78 is 0. The number of likely N-dealkylation sites (N-methyl/N-ethyl adjacent to an activating group) is 1. The summed E-state index contributed by atoms with van der Waals surface area (Å²) >= 11 is 1.90. The first-order chi connectivity index (χ1) is 8.28. The molecule has 1 aliphatic rings. The Bertz CT molecular complexity index is 331. The topological polar surface area (TPSA) is 15.3 Å². The van der Waals surface area contributed by atoms with Gasteiger partial charge in [0.1, 0.15) is 0 Å². The molecular formula is C14H24N2S. The van der Waals surface area contributed by atoms with Crippen molar-refractivity contribution in [3.63, 3.8) is 0 Å². The Kier molecular flexibility index (Phi) is 5.01. The normalized spacial score (nSPS) is 15.7. The van der Waals surface area contributed by atoms with Crippen LogP contribution in [0.5, 0.6) is 0 Å². The molecule has 1 N–H and O–H groups in total. The van der Waals surface area contributed by atoms with Gasteiger partial charge in [0.15, 0.2) is 0 Å². The lowest BCUT2D eigenvalue weighted by Crippen LogP contribution is -2.33. The molecule has 1 aromatic rings. The van der Waals surface area contributed by atoms with Crippen molar-refractivity contribution < 1.29 is 0 Å². The van der Waals surface area contributed by atoms with E-state index in [-0.39, 0.29) is 0 Å². The van der Waals surface area contributed by atoms with Gasteiger partial charge in [-0.3, -0.25) is 0 Å². The first-order valence-electron chi connectivity index (χ1n) is 6.76. The largest absolute Gasteiger partial charge is 0.311 e. The Morgan fingerprint density at radius 2 is 2.24 bits per heavy atom. The van der Waals surface area contributed by atoms with E-state index in [0.717, 1.165) is 19.0 Å². The molecule has 2 nitrogen and oxygen atoms in total. The summed E-state index contributed by atoms with van der Waals surface area (Å²) in [6.07, 6.45) is 2.91. The van der Waals surface area contributed by atoms with Crippen LogP contribution in [-0.4, -0.2) is 31.1 Å². The van der Waals surface area contributed by atoms with E-state index in [2.05, 4.69) is 36.2 Å². The summed E-state index contributed by atoms with van der Waals surface area (Å²) in [5.41, 5.74) is 0. The van der Waals surface area contributed by atoms with Crippen molar-refractivity contribution >= 4 is 11.3 Å². The van der Waals surface area contributed by atoms with E-state index < -0.39 is 0 Å². The molecule has 0 aliphatic heterocycles. The number of aryl methyl sites for hydroxylation is 1. The Labute approximate surface area is 109 Å². The van der Waals surface area contributed by atoms with Gasteiger partial charge in [0.05, 0.1) is 0 Å². The maximum Gasteiger partial charge on any atom is 0.0300 e. The molecule has 0 unspecified atom stereocenters. The molecule has 96 valence electrons. The highest BCUT2D eigenvalue weighted by Gasteiger charge is 2.23. The monoisotopic (exact) mass is 252 g/mol. The van der Waals surface area contributed by atoms with Crippen LogP contribution in [-0.2, 0) is 6.54 Å². The van der Waals surface area contributed by atoms with Crippen LogP contribution in [0.4, 0.5) is 0 Å². The lowest BCUT2D eigenvalue weighted by atomic mass is 10.3. The Balaban J connectivity index is 1.58. The van der Waals surface area contributed by atoms with E-state index in [4.69, 9.17) is 0 Å². The average Bonchev–Trinajstić information content (AvgIpc) is 3.05. The molecule has 0 bridgehead atoms. The van der Waals surface area contributed by atoms with Crippen molar-refractivity contribution in [2.75, 3.05) is 26.2 Å². The first-order valence-corrected chi connectivity index (χ1v) is 7.58. The van der Waals surface area contributed by atoms with Gasteiger partial charge < -0.3 is 10.2 Å². The molecule has 3 heteroatoms. The van der Waals surface area contributed by atoms with Crippen LogP contribution in [0.3, 0.4) is 0 Å². The van der Waals surface area contributed by atoms with Crippen molar-refractivity contribution in [3.8, 4) is 0 Å². The van der Waals surface area contributed by atoms with Gasteiger partial charge >= 0.3 is 0 Å². The number of hydrogen-bond acceptors (Lipinski definition) is 3. The fourth-order valence-corrected chi connectivity index (χ4v) is 2.93. The lowest BCUT2D eigenvalue weighted by Gasteiger charge is -2.20. The number of rotatable bonds is 8. The number of nitrogens with one attached hydrogen (secondary N) is 1. The van der Waals surface area contributed by atoms with Gasteiger partial charge in [-0.2, -0.15) is 0 Å². The molecule has 0 amide bonds. The summed E-state index contributed by atoms with van der Waals surface area (Å²) in [4.78, 5) is 5.43. The molecule has 0 radical (unpaired) electrons. The lowest BCUT2D eigenvalue weighted by molar-refractivity contribution is 0.276. The zero-order chi connectivity index (χ0) is 12.1. The highest BCUT2D eigenvalue weighted by Crippen LogP contribution is 2.29. The smallest absolute Gasteiger partial charge is 0.0300 e. The van der Waals surface area contributed by atoms with E-state index in [0.29, 0.717) is 0 Å². The molecule has 0 saturated heterocycles. The summed E-state index contributed by atoms with van der Waals surface area (Å²) in [6.45, 7) is 10.3. The maximum atomic E-state index is 3.54. The highest BCUT2D eigenvalue weighted by atomic mass is 32.1. The molecule has 17 heavy (non-hydrogen) atoms. The van der Waals surface area contributed by atoms with Crippen LogP contribution in [0.25, 0.3) is 0 Å². The van der Waals surface area contributed by atoms with Gasteiger partial charge in [-0.05, 0) is 44.4 Å². The minimum atomic E-state index is 1.01. The van der Waals surface area contributed by atoms with Gasteiger partial charge in [0.25, 0.3) is 0 Å². The summed E-state index contributed by atoms with van der Waals surface area (Å²) in [5, 5.41) is 3.54. The Hall–Kier alpha value is -0.380. The highest BCUT2D eigenvalue weighted by molar-refractivity contribution is 7.11. The molecular weight excluding hydrogens is 228 g/mol. The second kappa shape index (κ2) is 6.53. The number of nitrogens with zero attached hydrogens (tertiary/aromatic N) is 1. The zero-order valence-corrected chi connectivity index (χ0v) is 11.9. The Morgan fingerprint density at radius 3 is 2.82 bits per heavy atom. The SMILES string of the molecule is CCN(CCNCc1ccc(C)s1)CC1CC1. The predicted octanol–water partition coefficient (Wildman–Crippen LogP) is 2.88. The maximum absolute atomic E-state index is 3.54. The average molecular weight is 252 g/mol. The summed E-state index contributed by atoms with van der Waals surface area (Å²) in [6, 6.07) is 4.43. The standard InChI is InChI=1S/C14H24N2S/c1-3-16(11-13-5-6-13)9-8-15-10-14-7-4-12(2)17-14/h4,7,13,15H,3,5-6,8-11H2,1-2H3. The van der Waals surface area contributed by atoms with E-state index in [1.165, 1.54) is 42.2 Å². The van der Waals surface area contributed by atoms with E-state index in [1.54, 1.807) is 0 Å². The van der Waals surface area contributed by atoms with Crippen LogP contribution >= 0.6 is 11.3 Å². The van der Waals surface area contributed by atoms with Crippen molar-refractivity contribution in [3.05, 3.63) is 21.9 Å². The van der Waals surface area contributed by atoms with Gasteiger partial charge in [-0.15, -0.1) is 11.3 Å². The van der Waals surface area contributed by atoms with Crippen LogP contribution < -0.4 is 5.32 Å². The van der Waals surface area contributed by atoms with Gasteiger partial charge in [-0.25, -0.2) is 0 Å². The quantitative estimate of drug-likeness (QED) is 0.716. The van der Waals surface area contributed by atoms with Crippen molar-refractivity contribution in [1.29, 1.82) is 0 Å². The second-order valence-corrected chi connectivity index (χ2v) is 6.40. The van der Waals surface area contributed by atoms with Crippen molar-refractivity contribution in [2.24, 2.45) is 5.92 Å². The minimum Gasteiger partial charge on any atom is -0.311 e. The van der Waals surface area contributed by atoms with Gasteiger partial charge in [0, 0.05) is 35.9 Å². The van der Waals surface area contributed by atoms with E-state index >= 15 is 0 Å². The van der Waals surface area contributed by atoms with E-state index in [9.17, 15) is 0 Å². The zero-order valence-electron chi connectivity index (χ0n) is 11.0. The van der Waals surface area contributed by atoms with Gasteiger partial charge in [-0.1, -0.05) is 6.92 Å². The van der Waals surface area contributed by atoms with Gasteiger partial charge in [0.2, 0.25) is 0 Å². The molecule has 0 atom stereocenters. The minimum absolute atomic E-state index is 1.01. The third kappa shape index (κ3) is 4.78. The molecule has 1 aliphatic carbocycles. The molecule has 1 saturated carbocycles. The van der Waals surface area contributed by atoms with E-state index in [1.807, 2.05) is 11.3 Å². The first kappa shape index (κ1) is 13.1. The van der Waals surface area contributed by atoms with Crippen molar-refractivity contribution in [1.82, 2.24) is 10.2 Å². The fourth-order valence-electron chi connectivity index (χ4n) is 2.07. The third-order valence-electron chi connectivity index (χ3n) is 3.36. The summed E-state index contributed by atoms with van der Waals surface area (Å²) in [7, 11) is 0. The second-order valence-electron chi connectivity index (χ2n) is 5.03. The predicted molar refractivity (Wildman–Crippen MR) is 75.6 cm³/mol. The molecule has 1 aromatic heterocycles. The molecule has 2 rings (SSSR count). The molecule has 0 aromatic carbocycles. The Morgan fingerprint density at radius 1 is 1.41 bits per heavy atom. The summed E-state index contributed by atoms with van der Waals surface area (Å²) in [5.74, 6) is 1.01. The van der Waals surface area contributed by atoms with Crippen molar-refractivity contribution in [2.45, 2.75) is 33.2 Å². The van der Waals surface area contributed by atoms with Crippen LogP contribution in [0, 0.1) is 12.8 Å². The molecule has 1 heterocycles.